The third-order valence-electron chi connectivity index (χ3n) is 4.83. The van der Waals surface area contributed by atoms with Gasteiger partial charge in [0.25, 0.3) is 0 Å². The average molecular weight is 337 g/mol. The lowest BCUT2D eigenvalue weighted by Gasteiger charge is -2.29. The van der Waals surface area contributed by atoms with Crippen LogP contribution in [-0.4, -0.2) is 45.3 Å². The number of ether oxygens (including phenoxy) is 1. The number of benzene rings is 2. The van der Waals surface area contributed by atoms with E-state index in [1.165, 1.54) is 11.3 Å². The molecule has 2 fully saturated rings. The summed E-state index contributed by atoms with van der Waals surface area (Å²) < 4.78 is 5.44. The molecule has 2 saturated heterocycles. The normalized spacial score (nSPS) is 21.0. The monoisotopic (exact) mass is 337 g/mol. The molecule has 1 atom stereocenters. The van der Waals surface area contributed by atoms with Crippen molar-refractivity contribution in [3.63, 3.8) is 0 Å². The smallest absolute Gasteiger partial charge is 0.241 e. The molecule has 130 valence electrons. The molecule has 2 N–H and O–H groups in total. The Kier molecular flexibility index (Phi) is 4.68. The van der Waals surface area contributed by atoms with Gasteiger partial charge in [0.2, 0.25) is 5.91 Å². The second-order valence-corrected chi connectivity index (χ2v) is 6.45. The zero-order chi connectivity index (χ0) is 17.1. The van der Waals surface area contributed by atoms with E-state index in [9.17, 15) is 4.79 Å². The Morgan fingerprint density at radius 1 is 0.960 bits per heavy atom. The van der Waals surface area contributed by atoms with Crippen molar-refractivity contribution < 1.29 is 9.53 Å². The quantitative estimate of drug-likeness (QED) is 0.899. The van der Waals surface area contributed by atoms with Gasteiger partial charge in [-0.25, -0.2) is 0 Å². The van der Waals surface area contributed by atoms with E-state index in [1.807, 2.05) is 12.1 Å². The fourth-order valence-electron chi connectivity index (χ4n) is 3.44. The van der Waals surface area contributed by atoms with Crippen LogP contribution in [0.25, 0.3) is 11.1 Å². The van der Waals surface area contributed by atoms with Gasteiger partial charge in [-0.2, -0.15) is 0 Å². The molecule has 0 aliphatic carbocycles. The van der Waals surface area contributed by atoms with E-state index in [2.05, 4.69) is 51.9 Å². The zero-order valence-corrected chi connectivity index (χ0v) is 14.2. The van der Waals surface area contributed by atoms with Gasteiger partial charge in [0.05, 0.1) is 13.2 Å². The van der Waals surface area contributed by atoms with E-state index in [1.54, 1.807) is 0 Å². The number of anilines is 1. The van der Waals surface area contributed by atoms with E-state index < -0.39 is 0 Å². The molecule has 2 aromatic carbocycles. The number of carbonyl (C=O) groups excluding carboxylic acids is 1. The fraction of sp³-hybridized carbons (Fsp3) is 0.350. The summed E-state index contributed by atoms with van der Waals surface area (Å²) in [7, 11) is 0. The largest absolute Gasteiger partial charge is 0.378 e. The Balaban J connectivity index is 1.54. The van der Waals surface area contributed by atoms with Gasteiger partial charge in [0, 0.05) is 31.9 Å². The summed E-state index contributed by atoms with van der Waals surface area (Å²) in [5, 5.41) is 6.17. The molecule has 0 bridgehead atoms. The molecule has 2 aliphatic heterocycles. The molecule has 4 rings (SSSR count). The first-order valence-corrected chi connectivity index (χ1v) is 8.85. The summed E-state index contributed by atoms with van der Waals surface area (Å²) in [6.45, 7) is 4.95. The van der Waals surface area contributed by atoms with Crippen molar-refractivity contribution in [2.24, 2.45) is 0 Å². The van der Waals surface area contributed by atoms with Gasteiger partial charge in [-0.1, -0.05) is 36.4 Å². The number of nitrogens with one attached hydrogen (secondary N) is 2. The van der Waals surface area contributed by atoms with Crippen molar-refractivity contribution in [1.82, 2.24) is 10.6 Å². The minimum absolute atomic E-state index is 0.0494. The predicted molar refractivity (Wildman–Crippen MR) is 98.7 cm³/mol. The second kappa shape index (κ2) is 7.25. The molecule has 2 aliphatic rings. The Bertz CT molecular complexity index is 739. The minimum Gasteiger partial charge on any atom is -0.378 e. The number of carbonyl (C=O) groups is 1. The van der Waals surface area contributed by atoms with Crippen LogP contribution >= 0.6 is 0 Å². The summed E-state index contributed by atoms with van der Waals surface area (Å²) >= 11 is 0. The number of rotatable bonds is 3. The summed E-state index contributed by atoms with van der Waals surface area (Å²) in [5.74, 6) is 0.0494. The maximum absolute atomic E-state index is 12.0. The SMILES string of the molecule is O=C1NCCNC1c1ccc(-c2cccc(N3CCOCC3)c2)cc1. The molecule has 2 aromatic rings. The van der Waals surface area contributed by atoms with Gasteiger partial charge < -0.3 is 20.3 Å². The van der Waals surface area contributed by atoms with Crippen molar-refractivity contribution in [3.05, 3.63) is 54.1 Å². The van der Waals surface area contributed by atoms with Gasteiger partial charge in [-0.05, 0) is 28.8 Å². The summed E-state index contributed by atoms with van der Waals surface area (Å²) in [6, 6.07) is 16.6. The molecule has 1 unspecified atom stereocenters. The highest BCUT2D eigenvalue weighted by molar-refractivity contribution is 5.84. The van der Waals surface area contributed by atoms with Crippen LogP contribution in [0.1, 0.15) is 11.6 Å². The van der Waals surface area contributed by atoms with E-state index in [-0.39, 0.29) is 11.9 Å². The Hall–Kier alpha value is -2.37. The minimum atomic E-state index is -0.248. The first kappa shape index (κ1) is 16.1. The maximum Gasteiger partial charge on any atom is 0.241 e. The number of morpholine rings is 1. The van der Waals surface area contributed by atoms with E-state index in [4.69, 9.17) is 4.74 Å². The van der Waals surface area contributed by atoms with Crippen molar-refractivity contribution in [2.75, 3.05) is 44.3 Å². The molecule has 1 amide bonds. The van der Waals surface area contributed by atoms with Crippen LogP contribution in [0.4, 0.5) is 5.69 Å². The fourth-order valence-corrected chi connectivity index (χ4v) is 3.44. The molecule has 25 heavy (non-hydrogen) atoms. The summed E-state index contributed by atoms with van der Waals surface area (Å²) in [4.78, 5) is 14.3. The standard InChI is InChI=1S/C20H23N3O2/c24-20-19(21-8-9-22-20)16-6-4-15(5-7-16)17-2-1-3-18(14-17)23-10-12-25-13-11-23/h1-7,14,19,21H,8-13H2,(H,22,24). The lowest BCUT2D eigenvalue weighted by atomic mass is 9.99. The molecule has 5 heteroatoms. The highest BCUT2D eigenvalue weighted by Gasteiger charge is 2.22. The molecule has 0 radical (unpaired) electrons. The predicted octanol–water partition coefficient (Wildman–Crippen LogP) is 1.95. The van der Waals surface area contributed by atoms with E-state index >= 15 is 0 Å². The van der Waals surface area contributed by atoms with Gasteiger partial charge in [-0.3, -0.25) is 4.79 Å². The topological polar surface area (TPSA) is 53.6 Å². The van der Waals surface area contributed by atoms with Gasteiger partial charge in [0.1, 0.15) is 6.04 Å². The second-order valence-electron chi connectivity index (χ2n) is 6.45. The Labute approximate surface area is 148 Å². The molecule has 5 nitrogen and oxygen atoms in total. The number of amides is 1. The third kappa shape index (κ3) is 3.52. The van der Waals surface area contributed by atoms with Crippen LogP contribution in [0, 0.1) is 0 Å². The van der Waals surface area contributed by atoms with Crippen LogP contribution < -0.4 is 15.5 Å². The first-order chi connectivity index (χ1) is 12.3. The van der Waals surface area contributed by atoms with E-state index in [0.29, 0.717) is 6.54 Å². The van der Waals surface area contributed by atoms with Gasteiger partial charge >= 0.3 is 0 Å². The summed E-state index contributed by atoms with van der Waals surface area (Å²) in [6.07, 6.45) is 0. The van der Waals surface area contributed by atoms with Crippen molar-refractivity contribution >= 4 is 11.6 Å². The van der Waals surface area contributed by atoms with Crippen LogP contribution in [0.15, 0.2) is 48.5 Å². The molecular weight excluding hydrogens is 314 g/mol. The van der Waals surface area contributed by atoms with Crippen LogP contribution in [-0.2, 0) is 9.53 Å². The van der Waals surface area contributed by atoms with Crippen LogP contribution in [0.2, 0.25) is 0 Å². The zero-order valence-electron chi connectivity index (χ0n) is 14.2. The van der Waals surface area contributed by atoms with Crippen LogP contribution in [0.5, 0.6) is 0 Å². The lowest BCUT2D eigenvalue weighted by Crippen LogP contribution is -2.47. The third-order valence-corrected chi connectivity index (χ3v) is 4.83. The van der Waals surface area contributed by atoms with Crippen molar-refractivity contribution in [1.29, 1.82) is 0 Å². The Morgan fingerprint density at radius 3 is 2.52 bits per heavy atom. The molecule has 0 spiro atoms. The molecule has 0 saturated carbocycles. The molecule has 2 heterocycles. The van der Waals surface area contributed by atoms with Crippen molar-refractivity contribution in [2.45, 2.75) is 6.04 Å². The van der Waals surface area contributed by atoms with E-state index in [0.717, 1.165) is 44.0 Å². The van der Waals surface area contributed by atoms with Gasteiger partial charge in [-0.15, -0.1) is 0 Å². The number of piperazine rings is 1. The maximum atomic E-state index is 12.0. The van der Waals surface area contributed by atoms with Crippen molar-refractivity contribution in [3.8, 4) is 11.1 Å². The highest BCUT2D eigenvalue weighted by Crippen LogP contribution is 2.27. The van der Waals surface area contributed by atoms with Crippen LogP contribution in [0.3, 0.4) is 0 Å². The number of hydrogen-bond acceptors (Lipinski definition) is 4. The first-order valence-electron chi connectivity index (χ1n) is 8.85. The number of hydrogen-bond donors (Lipinski definition) is 2. The highest BCUT2D eigenvalue weighted by atomic mass is 16.5. The Morgan fingerprint density at radius 2 is 1.76 bits per heavy atom. The number of nitrogens with zero attached hydrogens (tertiary/aromatic N) is 1. The summed E-state index contributed by atoms with van der Waals surface area (Å²) in [5.41, 5.74) is 4.59. The molecular formula is C20H23N3O2. The molecule has 0 aromatic heterocycles. The average Bonchev–Trinajstić information content (AvgIpc) is 2.69. The lowest BCUT2D eigenvalue weighted by molar-refractivity contribution is -0.124. The van der Waals surface area contributed by atoms with Gasteiger partial charge in [0.15, 0.2) is 0 Å².